The molecule has 0 spiro atoms. The number of nitrogens with zero attached hydrogens (tertiary/aromatic N) is 1. The molecular formula is C15H20Cl2N2OS. The standard InChI is InChI=1S/C15H19ClN2OS.ClH/c1-10(20-14-5-3-2-4-13(14)16)15(19)18-8-11-6-17-7-12(11)9-18;/h2-5,10-12,17H,6-9H2,1H3;1H/t10?,11-,12+;. The van der Waals surface area contributed by atoms with Crippen molar-refractivity contribution < 1.29 is 4.79 Å². The van der Waals surface area contributed by atoms with E-state index in [2.05, 4.69) is 5.32 Å². The number of rotatable bonds is 3. The number of carbonyl (C=O) groups is 1. The molecule has 6 heteroatoms. The first kappa shape index (κ1) is 16.9. The van der Waals surface area contributed by atoms with Crippen molar-refractivity contribution in [1.29, 1.82) is 0 Å². The van der Waals surface area contributed by atoms with Crippen molar-refractivity contribution in [2.45, 2.75) is 17.1 Å². The van der Waals surface area contributed by atoms with E-state index in [1.165, 1.54) is 0 Å². The molecule has 3 nitrogen and oxygen atoms in total. The van der Waals surface area contributed by atoms with Crippen molar-refractivity contribution in [3.8, 4) is 0 Å². The first-order valence-electron chi connectivity index (χ1n) is 7.06. The Labute approximate surface area is 141 Å². The van der Waals surface area contributed by atoms with Crippen molar-refractivity contribution in [2.75, 3.05) is 26.2 Å². The van der Waals surface area contributed by atoms with Crippen LogP contribution in [0, 0.1) is 11.8 Å². The third-order valence-electron chi connectivity index (χ3n) is 4.19. The Bertz CT molecular complexity index is 502. The number of halogens is 2. The van der Waals surface area contributed by atoms with E-state index >= 15 is 0 Å². The molecule has 2 heterocycles. The van der Waals surface area contributed by atoms with Gasteiger partial charge in [0.05, 0.1) is 10.3 Å². The zero-order chi connectivity index (χ0) is 14.1. The van der Waals surface area contributed by atoms with Gasteiger partial charge in [-0.1, -0.05) is 23.7 Å². The lowest BCUT2D eigenvalue weighted by Gasteiger charge is -2.21. The summed E-state index contributed by atoms with van der Waals surface area (Å²) >= 11 is 7.71. The lowest BCUT2D eigenvalue weighted by atomic mass is 10.0. The van der Waals surface area contributed by atoms with Gasteiger partial charge in [-0.25, -0.2) is 0 Å². The van der Waals surface area contributed by atoms with Gasteiger partial charge in [0.25, 0.3) is 0 Å². The third-order valence-corrected chi connectivity index (χ3v) is 5.80. The van der Waals surface area contributed by atoms with Gasteiger partial charge in [-0.2, -0.15) is 0 Å². The van der Waals surface area contributed by atoms with Gasteiger partial charge >= 0.3 is 0 Å². The minimum Gasteiger partial charge on any atom is -0.341 e. The van der Waals surface area contributed by atoms with E-state index in [4.69, 9.17) is 11.6 Å². The van der Waals surface area contributed by atoms with Gasteiger partial charge in [0.1, 0.15) is 0 Å². The SMILES string of the molecule is CC(Sc1ccccc1Cl)C(=O)N1C[C@H]2CNC[C@H]2C1.Cl. The molecule has 1 N–H and O–H groups in total. The summed E-state index contributed by atoms with van der Waals surface area (Å²) in [5.41, 5.74) is 0. The Morgan fingerprint density at radius 1 is 1.33 bits per heavy atom. The second-order valence-corrected chi connectivity index (χ2v) is 7.40. The molecule has 1 aromatic rings. The summed E-state index contributed by atoms with van der Waals surface area (Å²) in [7, 11) is 0. The third kappa shape index (κ3) is 3.67. The van der Waals surface area contributed by atoms with E-state index in [-0.39, 0.29) is 23.6 Å². The number of nitrogens with one attached hydrogen (secondary N) is 1. The summed E-state index contributed by atoms with van der Waals surface area (Å²) in [4.78, 5) is 15.5. The summed E-state index contributed by atoms with van der Waals surface area (Å²) in [6.07, 6.45) is 0. The molecule has 3 rings (SSSR count). The molecule has 21 heavy (non-hydrogen) atoms. The summed E-state index contributed by atoms with van der Waals surface area (Å²) in [5, 5.41) is 4.04. The number of hydrogen-bond donors (Lipinski definition) is 1. The Hall–Kier alpha value is -0.420. The number of amides is 1. The highest BCUT2D eigenvalue weighted by atomic mass is 35.5. The van der Waals surface area contributed by atoms with Crippen molar-refractivity contribution in [3.63, 3.8) is 0 Å². The Balaban J connectivity index is 0.00000161. The predicted octanol–water partition coefficient (Wildman–Crippen LogP) is 2.92. The molecule has 116 valence electrons. The number of fused-ring (bicyclic) bond motifs is 1. The molecule has 2 aliphatic heterocycles. The maximum atomic E-state index is 12.5. The lowest BCUT2D eigenvalue weighted by Crippen LogP contribution is -2.36. The largest absolute Gasteiger partial charge is 0.341 e. The Kier molecular flexibility index (Phi) is 5.83. The van der Waals surface area contributed by atoms with Gasteiger partial charge in [-0.05, 0) is 30.9 Å². The van der Waals surface area contributed by atoms with E-state index in [1.54, 1.807) is 11.8 Å². The second kappa shape index (κ2) is 7.23. The van der Waals surface area contributed by atoms with Crippen LogP contribution in [0.4, 0.5) is 0 Å². The van der Waals surface area contributed by atoms with E-state index in [0.29, 0.717) is 11.8 Å². The molecule has 0 saturated carbocycles. The molecular weight excluding hydrogens is 327 g/mol. The highest BCUT2D eigenvalue weighted by Gasteiger charge is 2.39. The van der Waals surface area contributed by atoms with Crippen LogP contribution in [0.5, 0.6) is 0 Å². The van der Waals surface area contributed by atoms with Gasteiger partial charge in [0.2, 0.25) is 5.91 Å². The van der Waals surface area contributed by atoms with Crippen molar-refractivity contribution >= 4 is 41.7 Å². The minimum absolute atomic E-state index is 0. The fraction of sp³-hybridized carbons (Fsp3) is 0.533. The van der Waals surface area contributed by atoms with Crippen LogP contribution in [-0.4, -0.2) is 42.2 Å². The molecule has 1 aromatic carbocycles. The summed E-state index contributed by atoms with van der Waals surface area (Å²) in [6, 6.07) is 7.71. The van der Waals surface area contributed by atoms with Gasteiger partial charge in [-0.15, -0.1) is 24.2 Å². The Morgan fingerprint density at radius 3 is 2.57 bits per heavy atom. The predicted molar refractivity (Wildman–Crippen MR) is 90.4 cm³/mol. The van der Waals surface area contributed by atoms with E-state index in [1.807, 2.05) is 36.1 Å². The van der Waals surface area contributed by atoms with Crippen molar-refractivity contribution in [1.82, 2.24) is 10.2 Å². The summed E-state index contributed by atoms with van der Waals surface area (Å²) in [6.45, 7) is 5.90. The number of carbonyl (C=O) groups excluding carboxylic acids is 1. The molecule has 1 amide bonds. The number of hydrogen-bond acceptors (Lipinski definition) is 3. The first-order valence-corrected chi connectivity index (χ1v) is 8.31. The maximum absolute atomic E-state index is 12.5. The van der Waals surface area contributed by atoms with Crippen LogP contribution in [0.2, 0.25) is 5.02 Å². The quantitative estimate of drug-likeness (QED) is 0.854. The maximum Gasteiger partial charge on any atom is 0.235 e. The molecule has 0 bridgehead atoms. The molecule has 2 saturated heterocycles. The molecule has 0 radical (unpaired) electrons. The fourth-order valence-electron chi connectivity index (χ4n) is 3.07. The van der Waals surface area contributed by atoms with Crippen molar-refractivity contribution in [2.24, 2.45) is 11.8 Å². The summed E-state index contributed by atoms with van der Waals surface area (Å²) < 4.78 is 0. The zero-order valence-electron chi connectivity index (χ0n) is 11.9. The zero-order valence-corrected chi connectivity index (χ0v) is 14.3. The molecule has 0 aliphatic carbocycles. The average molecular weight is 347 g/mol. The monoisotopic (exact) mass is 346 g/mol. The molecule has 0 aromatic heterocycles. The number of thioether (sulfide) groups is 1. The molecule has 2 aliphatic rings. The van der Waals surface area contributed by atoms with Crippen LogP contribution in [0.25, 0.3) is 0 Å². The van der Waals surface area contributed by atoms with E-state index < -0.39 is 0 Å². The van der Waals surface area contributed by atoms with E-state index in [0.717, 1.165) is 36.1 Å². The van der Waals surface area contributed by atoms with Gasteiger partial charge in [0, 0.05) is 31.1 Å². The van der Waals surface area contributed by atoms with Crippen LogP contribution >= 0.6 is 35.8 Å². The van der Waals surface area contributed by atoms with Crippen LogP contribution in [0.15, 0.2) is 29.2 Å². The number of benzene rings is 1. The molecule has 3 atom stereocenters. The molecule has 2 fully saturated rings. The van der Waals surface area contributed by atoms with Gasteiger partial charge in [0.15, 0.2) is 0 Å². The lowest BCUT2D eigenvalue weighted by molar-refractivity contribution is -0.129. The highest BCUT2D eigenvalue weighted by molar-refractivity contribution is 8.00. The highest BCUT2D eigenvalue weighted by Crippen LogP contribution is 2.33. The average Bonchev–Trinajstić information content (AvgIpc) is 3.01. The Morgan fingerprint density at radius 2 is 1.95 bits per heavy atom. The van der Waals surface area contributed by atoms with Crippen LogP contribution in [0.1, 0.15) is 6.92 Å². The van der Waals surface area contributed by atoms with Gasteiger partial charge in [-0.3, -0.25) is 4.79 Å². The molecule has 1 unspecified atom stereocenters. The van der Waals surface area contributed by atoms with Crippen molar-refractivity contribution in [3.05, 3.63) is 29.3 Å². The smallest absolute Gasteiger partial charge is 0.235 e. The second-order valence-electron chi connectivity index (χ2n) is 5.61. The number of likely N-dealkylation sites (tertiary alicyclic amines) is 1. The minimum atomic E-state index is -0.0818. The van der Waals surface area contributed by atoms with Crippen LogP contribution in [-0.2, 0) is 4.79 Å². The van der Waals surface area contributed by atoms with Gasteiger partial charge < -0.3 is 10.2 Å². The summed E-state index contributed by atoms with van der Waals surface area (Å²) in [5.74, 6) is 1.54. The fourth-order valence-corrected chi connectivity index (χ4v) is 4.31. The normalized spacial score (nSPS) is 25.3. The van der Waals surface area contributed by atoms with Crippen LogP contribution < -0.4 is 5.32 Å². The van der Waals surface area contributed by atoms with E-state index in [9.17, 15) is 4.79 Å². The topological polar surface area (TPSA) is 32.3 Å². The first-order chi connectivity index (χ1) is 9.65. The van der Waals surface area contributed by atoms with Crippen LogP contribution in [0.3, 0.4) is 0 Å².